The van der Waals surface area contributed by atoms with Crippen molar-refractivity contribution in [3.05, 3.63) is 172 Å². The third-order valence-electron chi connectivity index (χ3n) is 14.4. The van der Waals surface area contributed by atoms with E-state index in [-0.39, 0.29) is 10.8 Å². The van der Waals surface area contributed by atoms with E-state index in [1.54, 1.807) is 35.9 Å². The molecule has 2 heteroatoms. The number of fused-ring (bicyclic) bond motifs is 5. The molecule has 60 heavy (non-hydrogen) atoms. The molecule has 0 fully saturated rings. The van der Waals surface area contributed by atoms with Crippen molar-refractivity contribution in [2.45, 2.75) is 100 Å². The molecule has 2 aliphatic carbocycles. The van der Waals surface area contributed by atoms with Crippen molar-refractivity contribution in [2.75, 3.05) is 0 Å². The molecule has 3 aliphatic rings. The maximum absolute atomic E-state index is 2.97. The van der Waals surface area contributed by atoms with Gasteiger partial charge < -0.3 is 0 Å². The zero-order valence-corrected chi connectivity index (χ0v) is 41.6. The third-order valence-corrected chi connectivity index (χ3v) is 26.3. The van der Waals surface area contributed by atoms with E-state index in [1.807, 2.05) is 0 Å². The van der Waals surface area contributed by atoms with Gasteiger partial charge in [-0.25, -0.2) is 0 Å². The molecule has 0 N–H and O–H groups in total. The summed E-state index contributed by atoms with van der Waals surface area (Å²) in [4.78, 5) is 0. The molecule has 4 unspecified atom stereocenters. The van der Waals surface area contributed by atoms with E-state index in [4.69, 9.17) is 0 Å². The Morgan fingerprint density at radius 1 is 0.483 bits per heavy atom. The summed E-state index contributed by atoms with van der Waals surface area (Å²) < 4.78 is 2.67. The predicted molar refractivity (Wildman–Crippen MR) is 261 cm³/mol. The Labute approximate surface area is 371 Å². The van der Waals surface area contributed by atoms with Crippen LogP contribution >= 0.6 is 0 Å². The van der Waals surface area contributed by atoms with Gasteiger partial charge in [0.05, 0.1) is 0 Å². The maximum atomic E-state index is 2.72. The number of rotatable bonds is 9. The number of allylic oxidation sites excluding steroid dienone is 2. The summed E-state index contributed by atoms with van der Waals surface area (Å²) >= 11 is -2.97. The molecule has 1 heterocycles. The van der Waals surface area contributed by atoms with Crippen LogP contribution in [0.4, 0.5) is 0 Å². The molecule has 0 spiro atoms. The van der Waals surface area contributed by atoms with Gasteiger partial charge in [-0.05, 0) is 0 Å². The zero-order valence-electron chi connectivity index (χ0n) is 37.7. The van der Waals surface area contributed by atoms with Crippen LogP contribution in [0.1, 0.15) is 123 Å². The van der Waals surface area contributed by atoms with Crippen LogP contribution < -0.4 is 13.6 Å². The van der Waals surface area contributed by atoms with Gasteiger partial charge in [0, 0.05) is 0 Å². The summed E-state index contributed by atoms with van der Waals surface area (Å²) in [7, 11) is -0.651. The normalized spacial score (nSPS) is 18.0. The van der Waals surface area contributed by atoms with Gasteiger partial charge in [0.2, 0.25) is 0 Å². The molecule has 0 saturated carbocycles. The van der Waals surface area contributed by atoms with Gasteiger partial charge >= 0.3 is 374 Å². The van der Waals surface area contributed by atoms with Gasteiger partial charge in [-0.3, -0.25) is 0 Å². The second-order valence-electron chi connectivity index (χ2n) is 20.1. The molecule has 0 saturated heterocycles. The molecule has 303 valence electrons. The van der Waals surface area contributed by atoms with Crippen molar-refractivity contribution in [2.24, 2.45) is 11.8 Å². The van der Waals surface area contributed by atoms with Crippen molar-refractivity contribution in [1.29, 1.82) is 0 Å². The van der Waals surface area contributed by atoms with Gasteiger partial charge in [-0.15, -0.1) is 0 Å². The molecule has 4 atom stereocenters. The van der Waals surface area contributed by atoms with E-state index in [1.165, 1.54) is 55.6 Å². The summed E-state index contributed by atoms with van der Waals surface area (Å²) in [5.41, 5.74) is 21.2. The van der Waals surface area contributed by atoms with Crippen LogP contribution in [0.5, 0.6) is 0 Å². The average molecular weight is 879 g/mol. The summed E-state index contributed by atoms with van der Waals surface area (Å²) in [6.07, 6.45) is 7.74. The second-order valence-corrected chi connectivity index (χ2v) is 28.3. The van der Waals surface area contributed by atoms with Crippen LogP contribution in [0, 0.1) is 11.8 Å². The van der Waals surface area contributed by atoms with Crippen molar-refractivity contribution in [1.82, 2.24) is 0 Å². The average Bonchev–Trinajstić information content (AvgIpc) is 3.95. The van der Waals surface area contributed by atoms with Gasteiger partial charge in [0.1, 0.15) is 0 Å². The Balaban J connectivity index is 1.34. The standard InChI is InChI=1S/2C23H27.C12H9Si.Zr/c2*1-6-16(2)18-14-17-10-9-12-19(21(17)15-18)20-11-7-8-13-22(20)23(3,4)5;1-3-7-11-9(5-1)10-6-2-4-8-12(10)13-11;/h2*7-16H,6H2,1-5H3;1-7H,13H2;. The predicted octanol–water partition coefficient (Wildman–Crippen LogP) is 13.3. The first-order valence-electron chi connectivity index (χ1n) is 22.8. The van der Waals surface area contributed by atoms with Gasteiger partial charge in [0.15, 0.2) is 0 Å². The molecular formula is C58H63SiZr. The van der Waals surface area contributed by atoms with E-state index in [9.17, 15) is 0 Å². The van der Waals surface area contributed by atoms with E-state index >= 15 is 0 Å². The summed E-state index contributed by atoms with van der Waals surface area (Å²) in [5, 5.41) is 3.38. The molecule has 1 aliphatic heterocycles. The van der Waals surface area contributed by atoms with Gasteiger partial charge in [0.25, 0.3) is 0 Å². The summed E-state index contributed by atoms with van der Waals surface area (Å²) in [6.45, 7) is 24.1. The first-order chi connectivity index (χ1) is 28.8. The molecule has 9 rings (SSSR count). The fourth-order valence-electron chi connectivity index (χ4n) is 11.0. The van der Waals surface area contributed by atoms with E-state index in [0.717, 1.165) is 12.8 Å². The molecule has 0 amide bonds. The summed E-state index contributed by atoms with van der Waals surface area (Å²) in [6, 6.07) is 50.2. The summed E-state index contributed by atoms with van der Waals surface area (Å²) in [5.74, 6) is 0.994. The Kier molecular flexibility index (Phi) is 11.0. The molecule has 6 aromatic rings. The van der Waals surface area contributed by atoms with Crippen molar-refractivity contribution >= 4 is 35.3 Å². The van der Waals surface area contributed by atoms with Crippen molar-refractivity contribution in [3.63, 3.8) is 0 Å². The van der Waals surface area contributed by atoms with Crippen LogP contribution in [0.15, 0.2) is 139 Å². The first-order valence-corrected chi connectivity index (χ1v) is 28.3. The third kappa shape index (κ3) is 6.99. The monoisotopic (exact) mass is 877 g/mol. The van der Waals surface area contributed by atoms with Crippen molar-refractivity contribution in [3.8, 4) is 33.4 Å². The number of hydrogen-bond donors (Lipinski definition) is 0. The Hall–Kier alpha value is -4.10. The van der Waals surface area contributed by atoms with Gasteiger partial charge in [-0.2, -0.15) is 0 Å². The first kappa shape index (κ1) is 41.3. The number of benzene rings is 6. The van der Waals surface area contributed by atoms with E-state index in [0.29, 0.717) is 19.1 Å². The molecule has 0 aromatic heterocycles. The Morgan fingerprint density at radius 2 is 0.900 bits per heavy atom. The van der Waals surface area contributed by atoms with Crippen LogP contribution in [0.25, 0.3) is 45.5 Å². The molecule has 0 radical (unpaired) electrons. The minimum atomic E-state index is -2.97. The van der Waals surface area contributed by atoms with Crippen LogP contribution in [-0.2, 0) is 32.6 Å². The quantitative estimate of drug-likeness (QED) is 0.127. The number of hydrogen-bond acceptors (Lipinski definition) is 0. The molecule has 6 aromatic carbocycles. The van der Waals surface area contributed by atoms with Crippen molar-refractivity contribution < 1.29 is 21.8 Å². The van der Waals surface area contributed by atoms with Crippen LogP contribution in [0.2, 0.25) is 0 Å². The fraction of sp³-hybridized carbons (Fsp3) is 0.310. The second kappa shape index (κ2) is 16.0. The SMILES string of the molecule is CCC(C)C1=Cc2c(-c3ccccc3C(C)(C)C)cccc2[CH]1[Zr]([c]1cccc2c1[SiH2]c1ccccc1-2)[CH]1C(C(C)CC)=Cc2c(-c3ccccc3C(C)(C)C)cccc21. The molecular weight excluding hydrogens is 816 g/mol. The Morgan fingerprint density at radius 3 is 1.38 bits per heavy atom. The van der Waals surface area contributed by atoms with Crippen LogP contribution in [0.3, 0.4) is 0 Å². The zero-order chi connectivity index (χ0) is 42.1. The fourth-order valence-corrected chi connectivity index (χ4v) is 25.5. The minimum absolute atomic E-state index is 0.0403. The van der Waals surface area contributed by atoms with Crippen LogP contribution in [-0.4, -0.2) is 9.52 Å². The molecule has 0 bridgehead atoms. The van der Waals surface area contributed by atoms with Gasteiger partial charge in [-0.1, -0.05) is 0 Å². The molecule has 0 nitrogen and oxygen atoms in total. The topological polar surface area (TPSA) is 0 Å². The Bertz CT molecular complexity index is 2540. The van der Waals surface area contributed by atoms with E-state index in [2.05, 4.69) is 209 Å². The van der Waals surface area contributed by atoms with E-state index < -0.39 is 31.3 Å².